The van der Waals surface area contributed by atoms with Crippen LogP contribution in [0.15, 0.2) is 18.2 Å². The van der Waals surface area contributed by atoms with E-state index in [9.17, 15) is 14.7 Å². The second kappa shape index (κ2) is 8.99. The van der Waals surface area contributed by atoms with Gasteiger partial charge in [-0.15, -0.1) is 0 Å². The molecule has 2 heterocycles. The summed E-state index contributed by atoms with van der Waals surface area (Å²) in [5.74, 6) is 0.682. The molecule has 2 aliphatic carbocycles. The Morgan fingerprint density at radius 1 is 1.17 bits per heavy atom. The third kappa shape index (κ3) is 3.37. The van der Waals surface area contributed by atoms with Crippen LogP contribution in [-0.4, -0.2) is 108 Å². The van der Waals surface area contributed by atoms with Crippen LogP contribution in [0.1, 0.15) is 58.5 Å². The molecule has 36 heavy (non-hydrogen) atoms. The number of ether oxygens (including phenoxy) is 1. The van der Waals surface area contributed by atoms with Gasteiger partial charge in [0, 0.05) is 26.0 Å². The van der Waals surface area contributed by atoms with Gasteiger partial charge in [-0.1, -0.05) is 6.07 Å². The lowest BCUT2D eigenvalue weighted by Crippen LogP contribution is -2.76. The number of nitrogens with zero attached hydrogens (tertiary/aromatic N) is 4. The topological polar surface area (TPSA) is 76.6 Å². The number of piperidine rings is 1. The van der Waals surface area contributed by atoms with Crippen molar-refractivity contribution in [1.29, 1.82) is 0 Å². The summed E-state index contributed by atoms with van der Waals surface area (Å²) in [7, 11) is 5.86. The first-order valence-electron chi connectivity index (χ1n) is 13.6. The molecule has 1 N–H and O–H groups in total. The first-order valence-corrected chi connectivity index (χ1v) is 13.6. The molecule has 1 spiro atoms. The predicted molar refractivity (Wildman–Crippen MR) is 140 cm³/mol. The summed E-state index contributed by atoms with van der Waals surface area (Å²) in [4.78, 5) is 35.0. The molecule has 0 radical (unpaired) electrons. The summed E-state index contributed by atoms with van der Waals surface area (Å²) in [6, 6.07) is 6.05. The van der Waals surface area contributed by atoms with Crippen molar-refractivity contribution in [2.75, 3.05) is 53.9 Å². The first kappa shape index (κ1) is 25.5. The van der Waals surface area contributed by atoms with Gasteiger partial charge >= 0.3 is 6.03 Å². The molecule has 1 aromatic rings. The molecule has 2 saturated heterocycles. The second-order valence-corrected chi connectivity index (χ2v) is 11.5. The molecule has 8 heteroatoms. The van der Waals surface area contributed by atoms with Crippen molar-refractivity contribution in [3.8, 4) is 5.75 Å². The lowest BCUT2D eigenvalue weighted by atomic mass is 9.46. The average Bonchev–Trinajstić information content (AvgIpc) is 3.05. The average molecular weight is 501 g/mol. The number of urea groups is 1. The number of aliphatic hydroxyl groups is 1. The van der Waals surface area contributed by atoms with Gasteiger partial charge in [0.2, 0.25) is 0 Å². The number of carbonyl (C=O) groups is 2. The number of carbonyl (C=O) groups excluding carboxylic acids is 2. The van der Waals surface area contributed by atoms with E-state index in [4.69, 9.17) is 4.74 Å². The zero-order valence-corrected chi connectivity index (χ0v) is 22.5. The largest absolute Gasteiger partial charge is 0.497 e. The van der Waals surface area contributed by atoms with Crippen LogP contribution in [0.25, 0.3) is 0 Å². The highest BCUT2D eigenvalue weighted by Crippen LogP contribution is 2.62. The third-order valence-electron chi connectivity index (χ3n) is 9.71. The van der Waals surface area contributed by atoms with Gasteiger partial charge < -0.3 is 19.6 Å². The summed E-state index contributed by atoms with van der Waals surface area (Å²) in [5, 5.41) is 12.7. The number of benzene rings is 1. The molecule has 4 atom stereocenters. The third-order valence-corrected chi connectivity index (χ3v) is 9.71. The first-order chi connectivity index (χ1) is 17.2. The molecule has 3 amide bonds. The van der Waals surface area contributed by atoms with Gasteiger partial charge in [-0.05, 0) is 109 Å². The minimum absolute atomic E-state index is 0. The molecular formula is C28H44N4O4. The highest BCUT2D eigenvalue weighted by atomic mass is 16.5. The van der Waals surface area contributed by atoms with Crippen molar-refractivity contribution in [2.45, 2.75) is 75.0 Å². The van der Waals surface area contributed by atoms with Gasteiger partial charge in [0.25, 0.3) is 5.91 Å². The fraction of sp³-hybridized carbons (Fsp3) is 0.714. The number of fused-ring (bicyclic) bond motifs is 1. The summed E-state index contributed by atoms with van der Waals surface area (Å²) in [5.41, 5.74) is -0.131. The van der Waals surface area contributed by atoms with Gasteiger partial charge in [0.15, 0.2) is 0 Å². The van der Waals surface area contributed by atoms with E-state index in [2.05, 4.69) is 36.0 Å². The van der Waals surface area contributed by atoms with E-state index in [1.165, 1.54) is 10.5 Å². The van der Waals surface area contributed by atoms with Crippen LogP contribution < -0.4 is 4.74 Å². The predicted octanol–water partition coefficient (Wildman–Crippen LogP) is 2.72. The fourth-order valence-corrected chi connectivity index (χ4v) is 8.01. The van der Waals surface area contributed by atoms with Crippen molar-refractivity contribution in [3.63, 3.8) is 0 Å². The zero-order valence-electron chi connectivity index (χ0n) is 22.5. The monoisotopic (exact) mass is 500 g/mol. The summed E-state index contributed by atoms with van der Waals surface area (Å²) in [6.07, 6.45) is 4.07. The Labute approximate surface area is 216 Å². The maximum absolute atomic E-state index is 13.9. The molecule has 1 saturated carbocycles. The molecule has 4 aliphatic rings. The number of likely N-dealkylation sites (N-methyl/N-ethyl adjacent to an activating group) is 2. The van der Waals surface area contributed by atoms with E-state index in [0.29, 0.717) is 32.4 Å². The number of hydrogen-bond donors (Lipinski definition) is 1. The van der Waals surface area contributed by atoms with Crippen LogP contribution in [0, 0.1) is 0 Å². The Balaban J connectivity index is 0.00000320. The highest BCUT2D eigenvalue weighted by molar-refractivity contribution is 6.07. The highest BCUT2D eigenvalue weighted by Gasteiger charge is 2.71. The van der Waals surface area contributed by atoms with Crippen LogP contribution >= 0.6 is 0 Å². The molecule has 2 bridgehead atoms. The van der Waals surface area contributed by atoms with Crippen LogP contribution in [-0.2, 0) is 16.6 Å². The minimum Gasteiger partial charge on any atom is -0.497 e. The van der Waals surface area contributed by atoms with Gasteiger partial charge in [-0.25, -0.2) is 4.79 Å². The van der Waals surface area contributed by atoms with Crippen molar-refractivity contribution in [3.05, 3.63) is 29.3 Å². The number of amides is 3. The molecule has 2 aliphatic heterocycles. The van der Waals surface area contributed by atoms with Crippen molar-refractivity contribution in [1.82, 2.24) is 19.6 Å². The zero-order chi connectivity index (χ0) is 25.9. The van der Waals surface area contributed by atoms with Crippen LogP contribution in [0.2, 0.25) is 0 Å². The van der Waals surface area contributed by atoms with E-state index < -0.39 is 16.6 Å². The smallest absolute Gasteiger partial charge is 0.327 e. The van der Waals surface area contributed by atoms with E-state index in [1.807, 2.05) is 19.9 Å². The van der Waals surface area contributed by atoms with Crippen molar-refractivity contribution >= 4 is 11.9 Å². The quantitative estimate of drug-likeness (QED) is 0.581. The maximum atomic E-state index is 13.9. The van der Waals surface area contributed by atoms with Gasteiger partial charge in [-0.2, -0.15) is 0 Å². The van der Waals surface area contributed by atoms with E-state index in [1.54, 1.807) is 12.0 Å². The van der Waals surface area contributed by atoms with E-state index >= 15 is 0 Å². The number of hydrogen-bond acceptors (Lipinski definition) is 6. The Hall–Kier alpha value is -2.16. The molecule has 0 unspecified atom stereocenters. The van der Waals surface area contributed by atoms with Crippen LogP contribution in [0.3, 0.4) is 0 Å². The Kier molecular flexibility index (Phi) is 6.37. The molecule has 5 rings (SSSR count). The standard InChI is InChI=1S/C28H42N4O4.H2/c1-6-31-24(33)27(32(7-2)25(31)34)11-12-28(35)23-17-20-9-10-21(36-5)18-22(20)26(28,19-27)13-16-30(23)15-8-14-29(3)4;/h9-10,18,23,35H,6-8,11-17,19H2,1-5H3;1H/t23-,26-,27+,28-;/m1./s1. The van der Waals surface area contributed by atoms with E-state index in [0.717, 1.165) is 50.2 Å². The molecular weight excluding hydrogens is 456 g/mol. The second-order valence-electron chi connectivity index (χ2n) is 11.5. The van der Waals surface area contributed by atoms with Gasteiger partial charge in [0.05, 0.1) is 12.7 Å². The van der Waals surface area contributed by atoms with Gasteiger partial charge in [-0.3, -0.25) is 14.6 Å². The Bertz CT molecular complexity index is 1050. The lowest BCUT2D eigenvalue weighted by molar-refractivity contribution is -0.188. The minimum atomic E-state index is -0.962. The summed E-state index contributed by atoms with van der Waals surface area (Å²) < 4.78 is 5.62. The summed E-state index contributed by atoms with van der Waals surface area (Å²) in [6.45, 7) is 7.51. The molecule has 1 aromatic carbocycles. The Morgan fingerprint density at radius 2 is 1.94 bits per heavy atom. The molecule has 3 fully saturated rings. The molecule has 8 nitrogen and oxygen atoms in total. The van der Waals surface area contributed by atoms with Crippen LogP contribution in [0.5, 0.6) is 5.75 Å². The van der Waals surface area contributed by atoms with Gasteiger partial charge in [0.1, 0.15) is 11.3 Å². The van der Waals surface area contributed by atoms with Crippen molar-refractivity contribution < 1.29 is 20.9 Å². The molecule has 0 aromatic heterocycles. The van der Waals surface area contributed by atoms with Crippen LogP contribution in [0.4, 0.5) is 4.79 Å². The number of methoxy groups -OCH3 is 1. The number of imide groups is 1. The number of rotatable bonds is 7. The molecule has 200 valence electrons. The SMILES string of the molecule is CCN1C(=O)N(CC)[C@]2(CC[C@@]3(O)[C@H]4Cc5ccc(OC)cc5[C@@]3(CCN4CCCN(C)C)C2)C1=O.[HH]. The lowest BCUT2D eigenvalue weighted by Gasteiger charge is -2.66. The van der Waals surface area contributed by atoms with E-state index in [-0.39, 0.29) is 19.4 Å². The fourth-order valence-electron chi connectivity index (χ4n) is 8.01. The number of likely N-dealkylation sites (tertiary alicyclic amines) is 1. The summed E-state index contributed by atoms with van der Waals surface area (Å²) >= 11 is 0. The van der Waals surface area contributed by atoms with Crippen molar-refractivity contribution in [2.24, 2.45) is 0 Å². The Morgan fingerprint density at radius 3 is 2.61 bits per heavy atom. The maximum Gasteiger partial charge on any atom is 0.327 e. The normalized spacial score (nSPS) is 33.9.